The molecule has 1 heterocycles. The van der Waals surface area contributed by atoms with Gasteiger partial charge in [-0.3, -0.25) is 9.59 Å². The van der Waals surface area contributed by atoms with Crippen molar-refractivity contribution >= 4 is 29.1 Å². The Morgan fingerprint density at radius 3 is 2.43 bits per heavy atom. The molecule has 116 valence electrons. The van der Waals surface area contributed by atoms with Crippen LogP contribution in [0.2, 0.25) is 0 Å². The van der Waals surface area contributed by atoms with E-state index in [1.165, 1.54) is 5.38 Å². The highest BCUT2D eigenvalue weighted by atomic mass is 32.1. The first-order valence-corrected chi connectivity index (χ1v) is 7.26. The average Bonchev–Trinajstić information content (AvgIpc) is 2.80. The Hall–Kier alpha value is -1.96. The summed E-state index contributed by atoms with van der Waals surface area (Å²) < 4.78 is 0. The third-order valence-corrected chi connectivity index (χ3v) is 3.19. The van der Waals surface area contributed by atoms with E-state index in [2.05, 4.69) is 15.6 Å². The quantitative estimate of drug-likeness (QED) is 0.726. The molecule has 0 saturated carbocycles. The standard InChI is InChI=1S/C13H19N3O4S/c1-13(2,3)4-9(17)14-5-10(18)15-6-11-16-8(7-21-11)12(19)20/h7H,4-6H2,1-3H3,(H,14,17)(H,15,18)(H,19,20). The molecule has 1 aromatic rings. The van der Waals surface area contributed by atoms with Crippen LogP contribution in [0.3, 0.4) is 0 Å². The van der Waals surface area contributed by atoms with Crippen molar-refractivity contribution in [2.75, 3.05) is 6.54 Å². The van der Waals surface area contributed by atoms with E-state index in [0.29, 0.717) is 11.4 Å². The van der Waals surface area contributed by atoms with Gasteiger partial charge in [0.25, 0.3) is 0 Å². The van der Waals surface area contributed by atoms with Crippen molar-refractivity contribution in [1.29, 1.82) is 0 Å². The number of aromatic nitrogens is 1. The van der Waals surface area contributed by atoms with E-state index in [-0.39, 0.29) is 36.0 Å². The van der Waals surface area contributed by atoms with Gasteiger partial charge in [-0.1, -0.05) is 20.8 Å². The lowest BCUT2D eigenvalue weighted by Crippen LogP contribution is -2.37. The van der Waals surface area contributed by atoms with Crippen LogP contribution in [0, 0.1) is 5.41 Å². The predicted octanol–water partition coefficient (Wildman–Crippen LogP) is 1.01. The highest BCUT2D eigenvalue weighted by molar-refractivity contribution is 7.09. The zero-order valence-electron chi connectivity index (χ0n) is 12.2. The number of nitrogens with one attached hydrogen (secondary N) is 2. The molecule has 0 saturated heterocycles. The van der Waals surface area contributed by atoms with E-state index < -0.39 is 5.97 Å². The summed E-state index contributed by atoms with van der Waals surface area (Å²) in [6.45, 7) is 5.86. The van der Waals surface area contributed by atoms with Crippen molar-refractivity contribution in [1.82, 2.24) is 15.6 Å². The molecule has 21 heavy (non-hydrogen) atoms. The summed E-state index contributed by atoms with van der Waals surface area (Å²) in [7, 11) is 0. The lowest BCUT2D eigenvalue weighted by molar-refractivity contribution is -0.127. The Morgan fingerprint density at radius 1 is 1.24 bits per heavy atom. The molecule has 0 spiro atoms. The van der Waals surface area contributed by atoms with Gasteiger partial charge in [0.05, 0.1) is 13.1 Å². The monoisotopic (exact) mass is 313 g/mol. The molecule has 1 aromatic heterocycles. The average molecular weight is 313 g/mol. The van der Waals surface area contributed by atoms with Gasteiger partial charge in [-0.15, -0.1) is 11.3 Å². The number of amides is 2. The maximum absolute atomic E-state index is 11.6. The molecule has 0 radical (unpaired) electrons. The van der Waals surface area contributed by atoms with Crippen LogP contribution in [0.1, 0.15) is 42.7 Å². The largest absolute Gasteiger partial charge is 0.476 e. The molecule has 3 N–H and O–H groups in total. The minimum Gasteiger partial charge on any atom is -0.476 e. The number of carbonyl (C=O) groups is 3. The van der Waals surface area contributed by atoms with Crippen LogP contribution in [-0.4, -0.2) is 34.4 Å². The van der Waals surface area contributed by atoms with Crippen molar-refractivity contribution in [2.45, 2.75) is 33.7 Å². The smallest absolute Gasteiger partial charge is 0.355 e. The van der Waals surface area contributed by atoms with Gasteiger partial charge < -0.3 is 15.7 Å². The second-order valence-electron chi connectivity index (χ2n) is 5.72. The van der Waals surface area contributed by atoms with Crippen molar-refractivity contribution in [3.63, 3.8) is 0 Å². The van der Waals surface area contributed by atoms with Gasteiger partial charge in [0.2, 0.25) is 11.8 Å². The number of hydrogen-bond acceptors (Lipinski definition) is 5. The number of nitrogens with zero attached hydrogens (tertiary/aromatic N) is 1. The summed E-state index contributed by atoms with van der Waals surface area (Å²) in [5.41, 5.74) is -0.169. The number of hydrogen-bond donors (Lipinski definition) is 3. The first-order valence-electron chi connectivity index (χ1n) is 6.38. The summed E-state index contributed by atoms with van der Waals surface area (Å²) in [4.78, 5) is 37.6. The second-order valence-corrected chi connectivity index (χ2v) is 6.67. The molecule has 0 bridgehead atoms. The lowest BCUT2D eigenvalue weighted by Gasteiger charge is -2.17. The Morgan fingerprint density at radius 2 is 1.90 bits per heavy atom. The molecule has 0 fully saturated rings. The fraction of sp³-hybridized carbons (Fsp3) is 0.538. The SMILES string of the molecule is CC(C)(C)CC(=O)NCC(=O)NCc1nc(C(=O)O)cs1. The third-order valence-electron chi connectivity index (χ3n) is 2.34. The molecule has 0 aliphatic heterocycles. The van der Waals surface area contributed by atoms with Crippen LogP contribution in [0.5, 0.6) is 0 Å². The first kappa shape index (κ1) is 17.1. The summed E-state index contributed by atoms with van der Waals surface area (Å²) in [6.07, 6.45) is 0.342. The summed E-state index contributed by atoms with van der Waals surface area (Å²) >= 11 is 1.16. The van der Waals surface area contributed by atoms with Gasteiger partial charge in [0.1, 0.15) is 5.01 Å². The maximum Gasteiger partial charge on any atom is 0.355 e. The van der Waals surface area contributed by atoms with E-state index in [1.54, 1.807) is 0 Å². The molecule has 8 heteroatoms. The highest BCUT2D eigenvalue weighted by Crippen LogP contribution is 2.17. The van der Waals surface area contributed by atoms with Gasteiger partial charge in [0, 0.05) is 11.8 Å². The number of carboxylic acid groups (broad SMARTS) is 1. The van der Waals surface area contributed by atoms with E-state index in [0.717, 1.165) is 11.3 Å². The Labute approximate surface area is 126 Å². The number of aromatic carboxylic acids is 1. The van der Waals surface area contributed by atoms with Crippen molar-refractivity contribution in [2.24, 2.45) is 5.41 Å². The van der Waals surface area contributed by atoms with E-state index >= 15 is 0 Å². The van der Waals surface area contributed by atoms with Crippen molar-refractivity contribution in [3.05, 3.63) is 16.1 Å². The van der Waals surface area contributed by atoms with Gasteiger partial charge in [-0.25, -0.2) is 9.78 Å². The maximum atomic E-state index is 11.6. The van der Waals surface area contributed by atoms with Gasteiger partial charge in [-0.2, -0.15) is 0 Å². The van der Waals surface area contributed by atoms with E-state index in [4.69, 9.17) is 5.11 Å². The van der Waals surface area contributed by atoms with Crippen LogP contribution in [0.15, 0.2) is 5.38 Å². The Balaban J connectivity index is 2.31. The zero-order chi connectivity index (χ0) is 16.0. The second kappa shape index (κ2) is 7.16. The molecule has 1 rings (SSSR count). The van der Waals surface area contributed by atoms with Gasteiger partial charge in [-0.05, 0) is 5.41 Å². The molecular formula is C13H19N3O4S. The first-order chi connectivity index (χ1) is 9.67. The normalized spacial score (nSPS) is 11.0. The molecule has 0 aliphatic carbocycles. The van der Waals surface area contributed by atoms with Crippen LogP contribution in [-0.2, 0) is 16.1 Å². The van der Waals surface area contributed by atoms with E-state index in [9.17, 15) is 14.4 Å². The predicted molar refractivity (Wildman–Crippen MR) is 78.0 cm³/mol. The number of thiazole rings is 1. The number of rotatable bonds is 6. The lowest BCUT2D eigenvalue weighted by atomic mass is 9.92. The van der Waals surface area contributed by atoms with Crippen LogP contribution >= 0.6 is 11.3 Å². The minimum absolute atomic E-state index is 0.0391. The number of carbonyl (C=O) groups excluding carboxylic acids is 2. The van der Waals surface area contributed by atoms with Crippen LogP contribution < -0.4 is 10.6 Å². The summed E-state index contributed by atoms with van der Waals surface area (Å²) in [5, 5.41) is 15.7. The molecule has 0 aliphatic rings. The van der Waals surface area contributed by atoms with Crippen LogP contribution in [0.4, 0.5) is 0 Å². The molecular weight excluding hydrogens is 294 g/mol. The molecule has 0 unspecified atom stereocenters. The summed E-state index contributed by atoms with van der Waals surface area (Å²) in [5.74, 6) is -1.62. The number of carboxylic acids is 1. The van der Waals surface area contributed by atoms with Gasteiger partial charge >= 0.3 is 5.97 Å². The van der Waals surface area contributed by atoms with Crippen molar-refractivity contribution in [3.8, 4) is 0 Å². The minimum atomic E-state index is -1.10. The third kappa shape index (κ3) is 6.84. The Kier molecular flexibility index (Phi) is 5.83. The topological polar surface area (TPSA) is 108 Å². The fourth-order valence-electron chi connectivity index (χ4n) is 1.45. The molecule has 0 atom stereocenters. The fourth-order valence-corrected chi connectivity index (χ4v) is 2.16. The van der Waals surface area contributed by atoms with Gasteiger partial charge in [0.15, 0.2) is 5.69 Å². The molecule has 0 aromatic carbocycles. The van der Waals surface area contributed by atoms with Crippen molar-refractivity contribution < 1.29 is 19.5 Å². The summed E-state index contributed by atoms with van der Waals surface area (Å²) in [6, 6.07) is 0. The highest BCUT2D eigenvalue weighted by Gasteiger charge is 2.16. The molecule has 7 nitrogen and oxygen atoms in total. The van der Waals surface area contributed by atoms with E-state index in [1.807, 2.05) is 20.8 Å². The van der Waals surface area contributed by atoms with Crippen LogP contribution in [0.25, 0.3) is 0 Å². The zero-order valence-corrected chi connectivity index (χ0v) is 13.0. The Bertz CT molecular complexity index is 534. The molecule has 2 amide bonds.